The molecule has 0 aliphatic carbocycles. The Hall–Kier alpha value is -1.72. The van der Waals surface area contributed by atoms with E-state index in [2.05, 4.69) is 0 Å². The average molecular weight is 220 g/mol. The van der Waals surface area contributed by atoms with Crippen molar-refractivity contribution >= 4 is 17.4 Å². The summed E-state index contributed by atoms with van der Waals surface area (Å²) in [6, 6.07) is 6.70. The zero-order valence-electron chi connectivity index (χ0n) is 8.68. The SMILES string of the molecule is NCC(=O)c1cccc(N2OCCC2=O)c1. The summed E-state index contributed by atoms with van der Waals surface area (Å²) in [4.78, 5) is 28.0. The van der Waals surface area contributed by atoms with Crippen molar-refractivity contribution in [1.82, 2.24) is 0 Å². The van der Waals surface area contributed by atoms with Crippen LogP contribution in [0.5, 0.6) is 0 Å². The van der Waals surface area contributed by atoms with Gasteiger partial charge in [-0.2, -0.15) is 5.06 Å². The molecule has 5 nitrogen and oxygen atoms in total. The van der Waals surface area contributed by atoms with Crippen molar-refractivity contribution in [2.45, 2.75) is 6.42 Å². The van der Waals surface area contributed by atoms with Crippen molar-refractivity contribution < 1.29 is 14.4 Å². The Kier molecular flexibility index (Phi) is 2.98. The number of Topliss-reactive ketones (excluding diaryl/α,β-unsaturated/α-hetero) is 1. The molecule has 1 aliphatic heterocycles. The van der Waals surface area contributed by atoms with Gasteiger partial charge in [0.1, 0.15) is 0 Å². The first-order valence-electron chi connectivity index (χ1n) is 5.01. The van der Waals surface area contributed by atoms with Gasteiger partial charge in [0.25, 0.3) is 5.91 Å². The summed E-state index contributed by atoms with van der Waals surface area (Å²) < 4.78 is 0. The van der Waals surface area contributed by atoms with Crippen LogP contribution < -0.4 is 10.8 Å². The summed E-state index contributed by atoms with van der Waals surface area (Å²) in [5.74, 6) is -0.258. The number of hydrogen-bond acceptors (Lipinski definition) is 4. The summed E-state index contributed by atoms with van der Waals surface area (Å²) >= 11 is 0. The van der Waals surface area contributed by atoms with Crippen LogP contribution in [0.1, 0.15) is 16.8 Å². The Bertz CT molecular complexity index is 431. The van der Waals surface area contributed by atoms with Crippen molar-refractivity contribution in [3.8, 4) is 0 Å². The number of amides is 1. The number of nitrogens with two attached hydrogens (primary N) is 1. The highest BCUT2D eigenvalue weighted by Crippen LogP contribution is 2.21. The second kappa shape index (κ2) is 4.42. The van der Waals surface area contributed by atoms with Crippen LogP contribution in [0, 0.1) is 0 Å². The third kappa shape index (κ3) is 1.95. The lowest BCUT2D eigenvalue weighted by molar-refractivity contribution is -0.119. The molecule has 1 aromatic rings. The van der Waals surface area contributed by atoms with Crippen molar-refractivity contribution in [1.29, 1.82) is 0 Å². The van der Waals surface area contributed by atoms with Gasteiger partial charge in [0.2, 0.25) is 0 Å². The van der Waals surface area contributed by atoms with Crippen LogP contribution >= 0.6 is 0 Å². The highest BCUT2D eigenvalue weighted by Gasteiger charge is 2.23. The van der Waals surface area contributed by atoms with Gasteiger partial charge in [-0.05, 0) is 12.1 Å². The Morgan fingerprint density at radius 3 is 2.94 bits per heavy atom. The lowest BCUT2D eigenvalue weighted by Crippen LogP contribution is -2.22. The van der Waals surface area contributed by atoms with Crippen molar-refractivity contribution in [3.05, 3.63) is 29.8 Å². The average Bonchev–Trinajstić information content (AvgIpc) is 2.74. The van der Waals surface area contributed by atoms with Crippen molar-refractivity contribution in [2.75, 3.05) is 18.2 Å². The first-order chi connectivity index (χ1) is 7.72. The normalized spacial score (nSPS) is 15.6. The Morgan fingerprint density at radius 2 is 2.31 bits per heavy atom. The molecule has 1 fully saturated rings. The quantitative estimate of drug-likeness (QED) is 0.753. The lowest BCUT2D eigenvalue weighted by atomic mass is 10.1. The molecule has 5 heteroatoms. The molecule has 0 aromatic heterocycles. The molecule has 16 heavy (non-hydrogen) atoms. The topological polar surface area (TPSA) is 72.6 Å². The van der Waals surface area contributed by atoms with Gasteiger partial charge in [0.05, 0.1) is 25.3 Å². The van der Waals surface area contributed by atoms with E-state index in [1.54, 1.807) is 24.3 Å². The number of carbonyl (C=O) groups excluding carboxylic acids is 2. The molecule has 1 aromatic carbocycles. The number of nitrogens with zero attached hydrogens (tertiary/aromatic N) is 1. The van der Waals surface area contributed by atoms with Gasteiger partial charge in [0.15, 0.2) is 5.78 Å². The maximum atomic E-state index is 11.4. The second-order valence-corrected chi connectivity index (χ2v) is 3.45. The third-order valence-corrected chi connectivity index (χ3v) is 2.35. The van der Waals surface area contributed by atoms with Gasteiger partial charge in [-0.1, -0.05) is 12.1 Å². The molecule has 0 unspecified atom stereocenters. The monoisotopic (exact) mass is 220 g/mol. The van der Waals surface area contributed by atoms with Crippen LogP contribution in [0.15, 0.2) is 24.3 Å². The molecule has 1 aliphatic rings. The molecule has 0 bridgehead atoms. The largest absolute Gasteiger partial charge is 0.324 e. The van der Waals surface area contributed by atoms with Gasteiger partial charge in [-0.25, -0.2) is 0 Å². The van der Waals surface area contributed by atoms with Crippen LogP contribution in [-0.2, 0) is 9.63 Å². The predicted molar refractivity (Wildman–Crippen MR) is 57.9 cm³/mol. The zero-order valence-corrected chi connectivity index (χ0v) is 8.68. The van der Waals surface area contributed by atoms with Crippen LogP contribution in [0.2, 0.25) is 0 Å². The summed E-state index contributed by atoms with van der Waals surface area (Å²) in [5.41, 5.74) is 6.33. The fraction of sp³-hybridized carbons (Fsp3) is 0.273. The maximum absolute atomic E-state index is 11.4. The molecular formula is C11H12N2O3. The van der Waals surface area contributed by atoms with Crippen molar-refractivity contribution in [3.63, 3.8) is 0 Å². The molecule has 84 valence electrons. The van der Waals surface area contributed by atoms with Crippen LogP contribution in [-0.4, -0.2) is 24.8 Å². The van der Waals surface area contributed by atoms with E-state index < -0.39 is 0 Å². The molecule has 0 atom stereocenters. The predicted octanol–water partition coefficient (Wildman–Crippen LogP) is 0.496. The maximum Gasteiger partial charge on any atom is 0.253 e. The number of ketones is 1. The van der Waals surface area contributed by atoms with E-state index in [4.69, 9.17) is 10.6 Å². The van der Waals surface area contributed by atoms with E-state index in [-0.39, 0.29) is 18.2 Å². The van der Waals surface area contributed by atoms with Gasteiger partial charge in [-0.15, -0.1) is 0 Å². The van der Waals surface area contributed by atoms with Crippen LogP contribution in [0.4, 0.5) is 5.69 Å². The first kappa shape index (κ1) is 10.8. The highest BCUT2D eigenvalue weighted by molar-refractivity contribution is 5.99. The summed E-state index contributed by atoms with van der Waals surface area (Å²) in [5, 5.41) is 1.22. The standard InChI is InChI=1S/C11H12N2O3/c12-7-10(14)8-2-1-3-9(6-8)13-11(15)4-5-16-13/h1-3,6H,4-5,7,12H2. The Labute approximate surface area is 92.7 Å². The summed E-state index contributed by atoms with van der Waals surface area (Å²) in [6.07, 6.45) is 0.370. The zero-order chi connectivity index (χ0) is 11.5. The Balaban J connectivity index is 2.28. The highest BCUT2D eigenvalue weighted by atomic mass is 16.7. The van der Waals surface area contributed by atoms with E-state index in [1.807, 2.05) is 0 Å². The molecule has 1 amide bonds. The molecule has 1 saturated heterocycles. The van der Waals surface area contributed by atoms with Crippen molar-refractivity contribution in [2.24, 2.45) is 5.73 Å². The van der Waals surface area contributed by atoms with E-state index >= 15 is 0 Å². The van der Waals surface area contributed by atoms with E-state index in [0.717, 1.165) is 0 Å². The minimum atomic E-state index is -0.159. The number of benzene rings is 1. The molecule has 0 spiro atoms. The van der Waals surface area contributed by atoms with Gasteiger partial charge in [-0.3, -0.25) is 14.4 Å². The fourth-order valence-electron chi connectivity index (χ4n) is 1.54. The summed E-state index contributed by atoms with van der Waals surface area (Å²) in [6.45, 7) is 0.339. The number of carbonyl (C=O) groups is 2. The fourth-order valence-corrected chi connectivity index (χ4v) is 1.54. The number of hydroxylamine groups is 1. The minimum Gasteiger partial charge on any atom is -0.324 e. The number of rotatable bonds is 3. The number of anilines is 1. The molecular weight excluding hydrogens is 208 g/mol. The smallest absolute Gasteiger partial charge is 0.253 e. The summed E-state index contributed by atoms with van der Waals surface area (Å²) in [7, 11) is 0. The lowest BCUT2D eigenvalue weighted by Gasteiger charge is -2.14. The van der Waals surface area contributed by atoms with Gasteiger partial charge in [0, 0.05) is 5.56 Å². The second-order valence-electron chi connectivity index (χ2n) is 3.45. The molecule has 1 heterocycles. The van der Waals surface area contributed by atoms with E-state index in [1.165, 1.54) is 5.06 Å². The number of hydrogen-bond donors (Lipinski definition) is 1. The van der Waals surface area contributed by atoms with Gasteiger partial charge >= 0.3 is 0 Å². The molecule has 2 rings (SSSR count). The minimum absolute atomic E-state index is 0.0434. The van der Waals surface area contributed by atoms with Crippen LogP contribution in [0.3, 0.4) is 0 Å². The van der Waals surface area contributed by atoms with Crippen LogP contribution in [0.25, 0.3) is 0 Å². The molecule has 2 N–H and O–H groups in total. The molecule has 0 saturated carbocycles. The molecule has 0 radical (unpaired) electrons. The first-order valence-corrected chi connectivity index (χ1v) is 5.01. The van der Waals surface area contributed by atoms with E-state index in [0.29, 0.717) is 24.3 Å². The van der Waals surface area contributed by atoms with Gasteiger partial charge < -0.3 is 5.73 Å². The third-order valence-electron chi connectivity index (χ3n) is 2.35. The van der Waals surface area contributed by atoms with E-state index in [9.17, 15) is 9.59 Å². The Morgan fingerprint density at radius 1 is 1.50 bits per heavy atom.